The van der Waals surface area contributed by atoms with Crippen LogP contribution in [0.2, 0.25) is 0 Å². The standard InChI is InChI=1S/C12H17BrO/c1-2-3-4-10-5-7-11(8-6-10)12(14)9-13/h5-8,12,14H,2-4,9H2,1H3/t12-/m0/s1. The van der Waals surface area contributed by atoms with Crippen molar-refractivity contribution in [3.63, 3.8) is 0 Å². The van der Waals surface area contributed by atoms with E-state index in [1.165, 1.54) is 18.4 Å². The van der Waals surface area contributed by atoms with Crippen LogP contribution in [-0.4, -0.2) is 10.4 Å². The molecule has 0 bridgehead atoms. The van der Waals surface area contributed by atoms with E-state index >= 15 is 0 Å². The average Bonchev–Trinajstić information content (AvgIpc) is 2.26. The summed E-state index contributed by atoms with van der Waals surface area (Å²) >= 11 is 3.26. The van der Waals surface area contributed by atoms with Crippen LogP contribution in [0, 0.1) is 0 Å². The highest BCUT2D eigenvalue weighted by Crippen LogP contribution is 2.16. The number of alkyl halides is 1. The molecule has 0 saturated carbocycles. The Morgan fingerprint density at radius 2 is 1.93 bits per heavy atom. The van der Waals surface area contributed by atoms with E-state index in [1.807, 2.05) is 12.1 Å². The van der Waals surface area contributed by atoms with Crippen LogP contribution >= 0.6 is 15.9 Å². The third-order valence-electron chi connectivity index (χ3n) is 2.33. The van der Waals surface area contributed by atoms with Gasteiger partial charge in [0.15, 0.2) is 0 Å². The normalized spacial score (nSPS) is 12.8. The molecule has 1 nitrogen and oxygen atoms in total. The first-order valence-electron chi connectivity index (χ1n) is 5.10. The van der Waals surface area contributed by atoms with E-state index in [0.717, 1.165) is 12.0 Å². The molecule has 0 unspecified atom stereocenters. The summed E-state index contributed by atoms with van der Waals surface area (Å²) in [6, 6.07) is 8.24. The zero-order valence-corrected chi connectivity index (χ0v) is 10.1. The number of aliphatic hydroxyl groups excluding tert-OH is 1. The molecule has 0 saturated heterocycles. The van der Waals surface area contributed by atoms with Gasteiger partial charge in [0.25, 0.3) is 0 Å². The fourth-order valence-electron chi connectivity index (χ4n) is 1.38. The quantitative estimate of drug-likeness (QED) is 0.801. The topological polar surface area (TPSA) is 20.2 Å². The summed E-state index contributed by atoms with van der Waals surface area (Å²) in [5.74, 6) is 0. The van der Waals surface area contributed by atoms with Gasteiger partial charge in [-0.2, -0.15) is 0 Å². The minimum Gasteiger partial charge on any atom is -0.388 e. The van der Waals surface area contributed by atoms with Crippen molar-refractivity contribution in [3.05, 3.63) is 35.4 Å². The smallest absolute Gasteiger partial charge is 0.0886 e. The van der Waals surface area contributed by atoms with Crippen molar-refractivity contribution in [2.75, 3.05) is 5.33 Å². The molecule has 1 rings (SSSR count). The number of unbranched alkanes of at least 4 members (excludes halogenated alkanes) is 1. The fraction of sp³-hybridized carbons (Fsp3) is 0.500. The molecule has 2 heteroatoms. The van der Waals surface area contributed by atoms with E-state index in [-0.39, 0.29) is 6.10 Å². The molecule has 0 fully saturated rings. The third kappa shape index (κ3) is 3.43. The van der Waals surface area contributed by atoms with Gasteiger partial charge in [-0.15, -0.1) is 0 Å². The summed E-state index contributed by atoms with van der Waals surface area (Å²) in [4.78, 5) is 0. The first-order valence-corrected chi connectivity index (χ1v) is 6.23. The van der Waals surface area contributed by atoms with Crippen LogP contribution in [0.5, 0.6) is 0 Å². The molecular formula is C12H17BrO. The Kier molecular flexibility index (Phi) is 5.20. The summed E-state index contributed by atoms with van der Waals surface area (Å²) < 4.78 is 0. The van der Waals surface area contributed by atoms with E-state index < -0.39 is 0 Å². The molecule has 0 spiro atoms. The van der Waals surface area contributed by atoms with Crippen LogP contribution in [0.25, 0.3) is 0 Å². The highest BCUT2D eigenvalue weighted by Gasteiger charge is 2.04. The first kappa shape index (κ1) is 11.7. The van der Waals surface area contributed by atoms with Gasteiger partial charge in [0, 0.05) is 5.33 Å². The summed E-state index contributed by atoms with van der Waals surface area (Å²) in [5, 5.41) is 10.1. The van der Waals surface area contributed by atoms with Crippen molar-refractivity contribution in [2.24, 2.45) is 0 Å². The predicted octanol–water partition coefficient (Wildman–Crippen LogP) is 3.46. The highest BCUT2D eigenvalue weighted by molar-refractivity contribution is 9.09. The number of hydrogen-bond acceptors (Lipinski definition) is 1. The van der Waals surface area contributed by atoms with Crippen LogP contribution in [0.3, 0.4) is 0 Å². The number of aryl methyl sites for hydroxylation is 1. The van der Waals surface area contributed by atoms with E-state index in [9.17, 15) is 5.11 Å². The second-order valence-corrected chi connectivity index (χ2v) is 4.16. The molecule has 78 valence electrons. The van der Waals surface area contributed by atoms with Crippen LogP contribution in [0.4, 0.5) is 0 Å². The Morgan fingerprint density at radius 1 is 1.29 bits per heavy atom. The van der Waals surface area contributed by atoms with Crippen LogP contribution in [-0.2, 0) is 6.42 Å². The minimum absolute atomic E-state index is 0.379. The highest BCUT2D eigenvalue weighted by atomic mass is 79.9. The molecule has 0 radical (unpaired) electrons. The number of rotatable bonds is 5. The zero-order valence-electron chi connectivity index (χ0n) is 8.54. The van der Waals surface area contributed by atoms with Gasteiger partial charge < -0.3 is 5.11 Å². The fourth-order valence-corrected chi connectivity index (χ4v) is 1.75. The monoisotopic (exact) mass is 256 g/mol. The van der Waals surface area contributed by atoms with Gasteiger partial charge in [-0.3, -0.25) is 0 Å². The maximum absolute atomic E-state index is 9.55. The Labute approximate surface area is 94.3 Å². The molecule has 1 N–H and O–H groups in total. The summed E-state index contributed by atoms with van der Waals surface area (Å²) in [6.07, 6.45) is 3.23. The van der Waals surface area contributed by atoms with Crippen molar-refractivity contribution in [1.29, 1.82) is 0 Å². The lowest BCUT2D eigenvalue weighted by atomic mass is 10.0. The Hall–Kier alpha value is -0.340. The largest absolute Gasteiger partial charge is 0.388 e. The van der Waals surface area contributed by atoms with Crippen LogP contribution < -0.4 is 0 Å². The summed E-state index contributed by atoms with van der Waals surface area (Å²) in [7, 11) is 0. The lowest BCUT2D eigenvalue weighted by molar-refractivity contribution is 0.205. The van der Waals surface area contributed by atoms with Crippen molar-refractivity contribution in [2.45, 2.75) is 32.3 Å². The van der Waals surface area contributed by atoms with Gasteiger partial charge in [0.2, 0.25) is 0 Å². The van der Waals surface area contributed by atoms with E-state index in [2.05, 4.69) is 35.0 Å². The van der Waals surface area contributed by atoms with Gasteiger partial charge in [0.1, 0.15) is 0 Å². The van der Waals surface area contributed by atoms with Gasteiger partial charge >= 0.3 is 0 Å². The molecule has 1 aromatic rings. The molecule has 0 aromatic heterocycles. The molecule has 14 heavy (non-hydrogen) atoms. The summed E-state index contributed by atoms with van der Waals surface area (Å²) in [5.41, 5.74) is 2.35. The second kappa shape index (κ2) is 6.20. The van der Waals surface area contributed by atoms with Gasteiger partial charge in [-0.1, -0.05) is 53.5 Å². The Morgan fingerprint density at radius 3 is 2.43 bits per heavy atom. The molecular weight excluding hydrogens is 240 g/mol. The van der Waals surface area contributed by atoms with Crippen molar-refractivity contribution in [1.82, 2.24) is 0 Å². The number of benzene rings is 1. The SMILES string of the molecule is CCCCc1ccc([C@@H](O)CBr)cc1. The number of hydrogen-bond donors (Lipinski definition) is 1. The third-order valence-corrected chi connectivity index (χ3v) is 2.94. The van der Waals surface area contributed by atoms with Gasteiger partial charge in [-0.25, -0.2) is 0 Å². The number of halogens is 1. The van der Waals surface area contributed by atoms with E-state index in [1.54, 1.807) is 0 Å². The molecule has 0 aliphatic rings. The minimum atomic E-state index is -0.379. The molecule has 0 aliphatic heterocycles. The lowest BCUT2D eigenvalue weighted by Crippen LogP contribution is -1.98. The molecule has 0 aliphatic carbocycles. The van der Waals surface area contributed by atoms with Crippen molar-refractivity contribution >= 4 is 15.9 Å². The van der Waals surface area contributed by atoms with Crippen LogP contribution in [0.1, 0.15) is 37.0 Å². The number of aliphatic hydroxyl groups is 1. The predicted molar refractivity (Wildman–Crippen MR) is 63.8 cm³/mol. The Bertz CT molecular complexity index is 256. The van der Waals surface area contributed by atoms with Gasteiger partial charge in [0.05, 0.1) is 6.10 Å². The molecule has 0 heterocycles. The average molecular weight is 257 g/mol. The second-order valence-electron chi connectivity index (χ2n) is 3.52. The van der Waals surface area contributed by atoms with Gasteiger partial charge in [-0.05, 0) is 24.0 Å². The first-order chi connectivity index (χ1) is 6.77. The van der Waals surface area contributed by atoms with Crippen LogP contribution in [0.15, 0.2) is 24.3 Å². The maximum atomic E-state index is 9.55. The van der Waals surface area contributed by atoms with Crippen molar-refractivity contribution in [3.8, 4) is 0 Å². The zero-order chi connectivity index (χ0) is 10.4. The lowest BCUT2D eigenvalue weighted by Gasteiger charge is -2.07. The van der Waals surface area contributed by atoms with E-state index in [4.69, 9.17) is 0 Å². The Balaban J connectivity index is 2.59. The van der Waals surface area contributed by atoms with E-state index in [0.29, 0.717) is 5.33 Å². The molecule has 1 aromatic carbocycles. The maximum Gasteiger partial charge on any atom is 0.0886 e. The molecule has 0 amide bonds. The van der Waals surface area contributed by atoms with Crippen molar-refractivity contribution < 1.29 is 5.11 Å². The molecule has 1 atom stereocenters. The summed E-state index contributed by atoms with van der Waals surface area (Å²) in [6.45, 7) is 2.20.